The van der Waals surface area contributed by atoms with Gasteiger partial charge in [-0.2, -0.15) is 0 Å². The maximum Gasteiger partial charge on any atom is 0.255 e. The van der Waals surface area contributed by atoms with Gasteiger partial charge >= 0.3 is 0 Å². The minimum absolute atomic E-state index is 0.218. The Morgan fingerprint density at radius 3 is 2.47 bits per heavy atom. The third-order valence-corrected chi connectivity index (χ3v) is 4.82. The van der Waals surface area contributed by atoms with Crippen LogP contribution in [-0.2, 0) is 0 Å². The average Bonchev–Trinajstić information content (AvgIpc) is 2.76. The second kappa shape index (κ2) is 8.84. The van der Waals surface area contributed by atoms with Gasteiger partial charge in [-0.3, -0.25) is 4.79 Å². The standard InChI is InChI=1S/C23H16BrFN4O/c24-17-7-9-19(10-8-17)29-23(30)16-4-2-6-20(12-16)28-22-13-21(26-14-27-22)15-3-1-5-18(25)11-15/h1-14H,(H,29,30)(H,26,27,28). The quantitative estimate of drug-likeness (QED) is 0.379. The molecular weight excluding hydrogens is 447 g/mol. The lowest BCUT2D eigenvalue weighted by atomic mass is 10.1. The van der Waals surface area contributed by atoms with E-state index in [1.807, 2.05) is 30.3 Å². The lowest BCUT2D eigenvalue weighted by Gasteiger charge is -2.10. The Morgan fingerprint density at radius 1 is 0.867 bits per heavy atom. The van der Waals surface area contributed by atoms with E-state index in [4.69, 9.17) is 0 Å². The monoisotopic (exact) mass is 462 g/mol. The van der Waals surface area contributed by atoms with Crippen LogP contribution >= 0.6 is 15.9 Å². The van der Waals surface area contributed by atoms with Gasteiger partial charge in [0, 0.05) is 33.0 Å². The highest BCUT2D eigenvalue weighted by atomic mass is 79.9. The minimum atomic E-state index is -0.329. The molecule has 0 saturated heterocycles. The van der Waals surface area contributed by atoms with Gasteiger partial charge < -0.3 is 10.6 Å². The van der Waals surface area contributed by atoms with Crippen LogP contribution in [0.5, 0.6) is 0 Å². The number of aromatic nitrogens is 2. The topological polar surface area (TPSA) is 66.9 Å². The van der Waals surface area contributed by atoms with E-state index >= 15 is 0 Å². The second-order valence-corrected chi connectivity index (χ2v) is 7.38. The Balaban J connectivity index is 1.51. The predicted molar refractivity (Wildman–Crippen MR) is 119 cm³/mol. The molecule has 148 valence electrons. The van der Waals surface area contributed by atoms with Gasteiger partial charge in [0.05, 0.1) is 5.69 Å². The molecule has 0 spiro atoms. The molecule has 7 heteroatoms. The first kappa shape index (κ1) is 19.7. The zero-order chi connectivity index (χ0) is 20.9. The van der Waals surface area contributed by atoms with E-state index in [2.05, 4.69) is 36.5 Å². The molecule has 0 radical (unpaired) electrons. The molecule has 0 fully saturated rings. The van der Waals surface area contributed by atoms with Crippen molar-refractivity contribution in [2.75, 3.05) is 10.6 Å². The van der Waals surface area contributed by atoms with Crippen molar-refractivity contribution in [3.8, 4) is 11.3 Å². The largest absolute Gasteiger partial charge is 0.340 e. The number of anilines is 3. The summed E-state index contributed by atoms with van der Waals surface area (Å²) in [5.41, 5.74) is 3.15. The maximum absolute atomic E-state index is 13.5. The number of hydrogen-bond donors (Lipinski definition) is 2. The van der Waals surface area contributed by atoms with Crippen LogP contribution in [0.25, 0.3) is 11.3 Å². The lowest BCUT2D eigenvalue weighted by molar-refractivity contribution is 0.102. The van der Waals surface area contributed by atoms with Crippen molar-refractivity contribution in [3.63, 3.8) is 0 Å². The van der Waals surface area contributed by atoms with Crippen LogP contribution < -0.4 is 10.6 Å². The fourth-order valence-corrected chi connectivity index (χ4v) is 3.12. The smallest absolute Gasteiger partial charge is 0.255 e. The summed E-state index contributed by atoms with van der Waals surface area (Å²) in [6.45, 7) is 0. The van der Waals surface area contributed by atoms with Crippen molar-refractivity contribution in [1.82, 2.24) is 9.97 Å². The maximum atomic E-state index is 13.5. The van der Waals surface area contributed by atoms with Crippen LogP contribution in [0.4, 0.5) is 21.6 Å². The molecule has 0 saturated carbocycles. The molecule has 2 N–H and O–H groups in total. The molecule has 0 unspecified atom stereocenters. The van der Waals surface area contributed by atoms with E-state index < -0.39 is 0 Å². The Hall–Kier alpha value is -3.58. The molecule has 4 rings (SSSR count). The summed E-state index contributed by atoms with van der Waals surface area (Å²) in [6, 6.07) is 22.4. The summed E-state index contributed by atoms with van der Waals surface area (Å²) in [6.07, 6.45) is 1.41. The van der Waals surface area contributed by atoms with Crippen molar-refractivity contribution in [2.45, 2.75) is 0 Å². The predicted octanol–water partition coefficient (Wildman–Crippen LogP) is 6.04. The van der Waals surface area contributed by atoms with E-state index in [1.165, 1.54) is 18.5 Å². The van der Waals surface area contributed by atoms with Gasteiger partial charge in [-0.15, -0.1) is 0 Å². The number of halogens is 2. The number of amides is 1. The van der Waals surface area contributed by atoms with Gasteiger partial charge in [0.2, 0.25) is 0 Å². The Kier molecular flexibility index (Phi) is 5.81. The molecule has 1 heterocycles. The third-order valence-electron chi connectivity index (χ3n) is 4.29. The molecule has 0 aliphatic carbocycles. The number of rotatable bonds is 5. The van der Waals surface area contributed by atoms with Crippen molar-refractivity contribution >= 4 is 39.0 Å². The van der Waals surface area contributed by atoms with E-state index in [0.717, 1.165) is 4.47 Å². The van der Waals surface area contributed by atoms with Gasteiger partial charge in [0.25, 0.3) is 5.91 Å². The number of benzene rings is 3. The van der Waals surface area contributed by atoms with Gasteiger partial charge in [-0.05, 0) is 54.6 Å². The van der Waals surface area contributed by atoms with E-state index in [1.54, 1.807) is 36.4 Å². The average molecular weight is 463 g/mol. The summed E-state index contributed by atoms with van der Waals surface area (Å²) in [5, 5.41) is 6.03. The van der Waals surface area contributed by atoms with E-state index in [-0.39, 0.29) is 11.7 Å². The number of hydrogen-bond acceptors (Lipinski definition) is 4. The number of nitrogens with one attached hydrogen (secondary N) is 2. The summed E-state index contributed by atoms with van der Waals surface area (Å²) < 4.78 is 14.4. The number of carbonyl (C=O) groups is 1. The fourth-order valence-electron chi connectivity index (χ4n) is 2.85. The van der Waals surface area contributed by atoms with Crippen LogP contribution in [0.3, 0.4) is 0 Å². The van der Waals surface area contributed by atoms with Crippen LogP contribution in [0, 0.1) is 5.82 Å². The summed E-state index contributed by atoms with van der Waals surface area (Å²) in [5.74, 6) is -0.0102. The van der Waals surface area contributed by atoms with Crippen molar-refractivity contribution in [2.24, 2.45) is 0 Å². The van der Waals surface area contributed by atoms with Gasteiger partial charge in [-0.25, -0.2) is 14.4 Å². The molecule has 0 bridgehead atoms. The summed E-state index contributed by atoms with van der Waals surface area (Å²) >= 11 is 3.37. The van der Waals surface area contributed by atoms with E-state index in [9.17, 15) is 9.18 Å². The lowest BCUT2D eigenvalue weighted by Crippen LogP contribution is -2.12. The van der Waals surface area contributed by atoms with Crippen molar-refractivity contribution in [3.05, 3.63) is 101 Å². The molecular formula is C23H16BrFN4O. The summed E-state index contributed by atoms with van der Waals surface area (Å²) in [4.78, 5) is 21.0. The Morgan fingerprint density at radius 2 is 1.67 bits per heavy atom. The first-order chi connectivity index (χ1) is 14.6. The van der Waals surface area contributed by atoms with Crippen LogP contribution in [0.2, 0.25) is 0 Å². The van der Waals surface area contributed by atoms with Crippen LogP contribution in [0.1, 0.15) is 10.4 Å². The summed E-state index contributed by atoms with van der Waals surface area (Å²) in [7, 11) is 0. The molecule has 0 atom stereocenters. The highest BCUT2D eigenvalue weighted by molar-refractivity contribution is 9.10. The molecule has 3 aromatic carbocycles. The Labute approximate surface area is 181 Å². The molecule has 0 aliphatic rings. The molecule has 4 aromatic rings. The van der Waals surface area contributed by atoms with Gasteiger partial charge in [-0.1, -0.05) is 34.1 Å². The zero-order valence-electron chi connectivity index (χ0n) is 15.6. The fraction of sp³-hybridized carbons (Fsp3) is 0. The van der Waals surface area contributed by atoms with Crippen molar-refractivity contribution < 1.29 is 9.18 Å². The zero-order valence-corrected chi connectivity index (χ0v) is 17.2. The molecule has 1 amide bonds. The van der Waals surface area contributed by atoms with Crippen LogP contribution in [0.15, 0.2) is 89.7 Å². The van der Waals surface area contributed by atoms with Crippen LogP contribution in [-0.4, -0.2) is 15.9 Å². The Bertz CT molecular complexity index is 1200. The molecule has 0 aliphatic heterocycles. The third kappa shape index (κ3) is 4.87. The molecule has 30 heavy (non-hydrogen) atoms. The van der Waals surface area contributed by atoms with Gasteiger partial charge in [0.1, 0.15) is 18.0 Å². The second-order valence-electron chi connectivity index (χ2n) is 6.47. The van der Waals surface area contributed by atoms with E-state index in [0.29, 0.717) is 34.0 Å². The molecule has 1 aromatic heterocycles. The highest BCUT2D eigenvalue weighted by Crippen LogP contribution is 2.22. The SMILES string of the molecule is O=C(Nc1ccc(Br)cc1)c1cccc(Nc2cc(-c3cccc(F)c3)ncn2)c1. The van der Waals surface area contributed by atoms with Crippen molar-refractivity contribution in [1.29, 1.82) is 0 Å². The molecule has 5 nitrogen and oxygen atoms in total. The first-order valence-electron chi connectivity index (χ1n) is 9.09. The normalized spacial score (nSPS) is 10.5. The first-order valence-corrected chi connectivity index (χ1v) is 9.88. The highest BCUT2D eigenvalue weighted by Gasteiger charge is 2.08. The minimum Gasteiger partial charge on any atom is -0.340 e. The number of carbonyl (C=O) groups excluding carboxylic acids is 1. The van der Waals surface area contributed by atoms with Gasteiger partial charge in [0.15, 0.2) is 0 Å². The number of nitrogens with zero attached hydrogens (tertiary/aromatic N) is 2.